The molecule has 8 nitrogen and oxygen atoms in total. The summed E-state index contributed by atoms with van der Waals surface area (Å²) in [5, 5.41) is 14.0. The first kappa shape index (κ1) is 19.5. The number of nitrogens with one attached hydrogen (secondary N) is 2. The molecule has 2 aromatic rings. The highest BCUT2D eigenvalue weighted by atomic mass is 16.5. The van der Waals surface area contributed by atoms with Crippen LogP contribution in [0.2, 0.25) is 0 Å². The molecule has 26 heavy (non-hydrogen) atoms. The van der Waals surface area contributed by atoms with Crippen LogP contribution in [0.15, 0.2) is 30.3 Å². The van der Waals surface area contributed by atoms with E-state index in [4.69, 9.17) is 9.47 Å². The van der Waals surface area contributed by atoms with Crippen LogP contribution in [0.3, 0.4) is 0 Å². The minimum Gasteiger partial charge on any atom is -0.493 e. The van der Waals surface area contributed by atoms with Crippen molar-refractivity contribution in [3.63, 3.8) is 0 Å². The second-order valence-electron chi connectivity index (χ2n) is 5.91. The summed E-state index contributed by atoms with van der Waals surface area (Å²) in [6.07, 6.45) is 0. The van der Waals surface area contributed by atoms with Gasteiger partial charge in [-0.05, 0) is 43.9 Å². The average molecular weight is 359 g/mol. The number of hydrogen-bond acceptors (Lipinski definition) is 7. The molecule has 0 aliphatic heterocycles. The molecule has 8 heteroatoms. The molecule has 2 N–H and O–H groups in total. The van der Waals surface area contributed by atoms with Gasteiger partial charge in [0.1, 0.15) is 5.82 Å². The molecule has 2 rings (SSSR count). The molecule has 1 amide bonds. The van der Waals surface area contributed by atoms with Crippen molar-refractivity contribution in [1.82, 2.24) is 20.4 Å². The van der Waals surface area contributed by atoms with Crippen LogP contribution in [-0.2, 0) is 6.54 Å². The summed E-state index contributed by atoms with van der Waals surface area (Å²) in [7, 11) is 7.10. The van der Waals surface area contributed by atoms with Gasteiger partial charge in [0.15, 0.2) is 17.2 Å². The van der Waals surface area contributed by atoms with Crippen molar-refractivity contribution < 1.29 is 14.3 Å². The van der Waals surface area contributed by atoms with Gasteiger partial charge < -0.3 is 25.0 Å². The summed E-state index contributed by atoms with van der Waals surface area (Å²) in [6.45, 7) is 1.88. The molecule has 1 aromatic carbocycles. The van der Waals surface area contributed by atoms with E-state index >= 15 is 0 Å². The Balaban J connectivity index is 1.90. The predicted octanol–water partition coefficient (Wildman–Crippen LogP) is 1.40. The first-order chi connectivity index (χ1) is 12.5. The van der Waals surface area contributed by atoms with Crippen LogP contribution >= 0.6 is 0 Å². The van der Waals surface area contributed by atoms with Crippen LogP contribution in [0.5, 0.6) is 11.5 Å². The van der Waals surface area contributed by atoms with Gasteiger partial charge in [-0.3, -0.25) is 4.79 Å². The second-order valence-corrected chi connectivity index (χ2v) is 5.91. The molecule has 140 valence electrons. The van der Waals surface area contributed by atoms with Gasteiger partial charge in [0.25, 0.3) is 5.91 Å². The van der Waals surface area contributed by atoms with E-state index in [9.17, 15) is 4.79 Å². The number of carbonyl (C=O) groups excluding carboxylic acids is 1. The highest BCUT2D eigenvalue weighted by Crippen LogP contribution is 2.27. The van der Waals surface area contributed by atoms with E-state index in [0.29, 0.717) is 36.1 Å². The fraction of sp³-hybridized carbons (Fsp3) is 0.389. The van der Waals surface area contributed by atoms with Gasteiger partial charge in [-0.15, -0.1) is 10.2 Å². The first-order valence-corrected chi connectivity index (χ1v) is 8.25. The quantitative estimate of drug-likeness (QED) is 0.699. The third-order valence-corrected chi connectivity index (χ3v) is 3.66. The number of aromatic nitrogens is 2. The molecule has 1 aromatic heterocycles. The van der Waals surface area contributed by atoms with E-state index in [-0.39, 0.29) is 5.91 Å². The Labute approximate surface area is 153 Å². The lowest BCUT2D eigenvalue weighted by Crippen LogP contribution is -2.31. The molecule has 0 atom stereocenters. The van der Waals surface area contributed by atoms with E-state index in [1.165, 1.54) is 0 Å². The van der Waals surface area contributed by atoms with Crippen LogP contribution in [0.1, 0.15) is 16.1 Å². The maximum absolute atomic E-state index is 12.0. The number of benzene rings is 1. The predicted molar refractivity (Wildman–Crippen MR) is 99.8 cm³/mol. The number of carbonyl (C=O) groups is 1. The Morgan fingerprint density at radius 3 is 2.46 bits per heavy atom. The number of nitrogens with zero attached hydrogens (tertiary/aromatic N) is 3. The van der Waals surface area contributed by atoms with Gasteiger partial charge in [0.2, 0.25) is 0 Å². The monoisotopic (exact) mass is 359 g/mol. The molecule has 0 saturated carbocycles. The summed E-state index contributed by atoms with van der Waals surface area (Å²) in [4.78, 5) is 14.0. The fourth-order valence-corrected chi connectivity index (χ4v) is 2.21. The molecular formula is C18H25N5O3. The Hall–Kier alpha value is -2.87. The van der Waals surface area contributed by atoms with Crippen molar-refractivity contribution in [2.45, 2.75) is 6.54 Å². The number of amides is 1. The highest BCUT2D eigenvalue weighted by molar-refractivity contribution is 5.92. The summed E-state index contributed by atoms with van der Waals surface area (Å²) >= 11 is 0. The lowest BCUT2D eigenvalue weighted by molar-refractivity contribution is 0.0945. The van der Waals surface area contributed by atoms with Gasteiger partial charge in [0.05, 0.1) is 14.2 Å². The van der Waals surface area contributed by atoms with Crippen molar-refractivity contribution >= 4 is 11.7 Å². The van der Waals surface area contributed by atoms with Gasteiger partial charge in [-0.1, -0.05) is 6.07 Å². The SMILES string of the molecule is COc1ccc(CNc2ccc(C(=O)NCCN(C)C)nn2)cc1OC. The number of methoxy groups -OCH3 is 2. The standard InChI is InChI=1S/C18H25N5O3/c1-23(2)10-9-19-18(24)14-6-8-17(22-21-14)20-12-13-5-7-15(25-3)16(11-13)26-4/h5-8,11H,9-10,12H2,1-4H3,(H,19,24)(H,20,22). The molecular weight excluding hydrogens is 334 g/mol. The van der Waals surface area contributed by atoms with Crippen molar-refractivity contribution in [3.05, 3.63) is 41.6 Å². The molecule has 1 heterocycles. The lowest BCUT2D eigenvalue weighted by Gasteiger charge is -2.11. The Morgan fingerprint density at radius 2 is 1.85 bits per heavy atom. The van der Waals surface area contributed by atoms with Crippen molar-refractivity contribution in [3.8, 4) is 11.5 Å². The van der Waals surface area contributed by atoms with E-state index in [1.54, 1.807) is 26.4 Å². The molecule has 0 aliphatic carbocycles. The van der Waals surface area contributed by atoms with Crippen LogP contribution in [0, 0.1) is 0 Å². The van der Waals surface area contributed by atoms with Gasteiger partial charge in [0, 0.05) is 19.6 Å². The third-order valence-electron chi connectivity index (χ3n) is 3.66. The Kier molecular flexibility index (Phi) is 7.16. The number of anilines is 1. The van der Waals surface area contributed by atoms with E-state index in [0.717, 1.165) is 12.1 Å². The Bertz CT molecular complexity index is 719. The van der Waals surface area contributed by atoms with Crippen LogP contribution in [0.25, 0.3) is 0 Å². The van der Waals surface area contributed by atoms with E-state index in [1.807, 2.05) is 37.2 Å². The smallest absolute Gasteiger partial charge is 0.271 e. The zero-order chi connectivity index (χ0) is 18.9. The van der Waals surface area contributed by atoms with Crippen molar-refractivity contribution in [1.29, 1.82) is 0 Å². The zero-order valence-electron chi connectivity index (χ0n) is 15.6. The topological polar surface area (TPSA) is 88.6 Å². The normalized spacial score (nSPS) is 10.5. The van der Waals surface area contributed by atoms with Crippen LogP contribution in [0.4, 0.5) is 5.82 Å². The number of rotatable bonds is 9. The van der Waals surface area contributed by atoms with Crippen LogP contribution in [-0.4, -0.2) is 62.4 Å². The summed E-state index contributed by atoms with van der Waals surface area (Å²) in [5.41, 5.74) is 1.30. The van der Waals surface area contributed by atoms with E-state index < -0.39 is 0 Å². The van der Waals surface area contributed by atoms with Gasteiger partial charge >= 0.3 is 0 Å². The maximum atomic E-state index is 12.0. The zero-order valence-corrected chi connectivity index (χ0v) is 15.6. The van der Waals surface area contributed by atoms with E-state index in [2.05, 4.69) is 20.8 Å². The van der Waals surface area contributed by atoms with Crippen molar-refractivity contribution in [2.75, 3.05) is 46.7 Å². The number of ether oxygens (including phenoxy) is 2. The second kappa shape index (κ2) is 9.57. The minimum atomic E-state index is -0.231. The third kappa shape index (κ3) is 5.59. The molecule has 0 aliphatic rings. The molecule has 0 bridgehead atoms. The molecule has 0 spiro atoms. The highest BCUT2D eigenvalue weighted by Gasteiger charge is 2.08. The number of likely N-dealkylation sites (N-methyl/N-ethyl adjacent to an activating group) is 1. The number of hydrogen-bond donors (Lipinski definition) is 2. The average Bonchev–Trinajstić information content (AvgIpc) is 2.66. The summed E-state index contributed by atoms with van der Waals surface area (Å²) in [6, 6.07) is 9.06. The minimum absolute atomic E-state index is 0.231. The molecule has 0 unspecified atom stereocenters. The lowest BCUT2D eigenvalue weighted by atomic mass is 10.2. The first-order valence-electron chi connectivity index (χ1n) is 8.25. The molecule has 0 radical (unpaired) electrons. The maximum Gasteiger partial charge on any atom is 0.271 e. The van der Waals surface area contributed by atoms with Gasteiger partial charge in [-0.25, -0.2) is 0 Å². The molecule has 0 fully saturated rings. The summed E-state index contributed by atoms with van der Waals surface area (Å²) in [5.74, 6) is 1.71. The Morgan fingerprint density at radius 1 is 1.08 bits per heavy atom. The molecule has 0 saturated heterocycles. The fourth-order valence-electron chi connectivity index (χ4n) is 2.21. The summed E-state index contributed by atoms with van der Waals surface area (Å²) < 4.78 is 10.5. The van der Waals surface area contributed by atoms with Crippen LogP contribution < -0.4 is 20.1 Å². The van der Waals surface area contributed by atoms with Crippen molar-refractivity contribution in [2.24, 2.45) is 0 Å². The van der Waals surface area contributed by atoms with Gasteiger partial charge in [-0.2, -0.15) is 0 Å². The largest absolute Gasteiger partial charge is 0.493 e.